The van der Waals surface area contributed by atoms with Crippen LogP contribution in [0, 0.1) is 18.3 Å². The van der Waals surface area contributed by atoms with Gasteiger partial charge in [0, 0.05) is 17.0 Å². The zero-order chi connectivity index (χ0) is 28.7. The molecule has 5 aromatic rings. The van der Waals surface area contributed by atoms with Crippen molar-refractivity contribution in [1.29, 1.82) is 0 Å². The summed E-state index contributed by atoms with van der Waals surface area (Å²) in [5.41, 5.74) is 8.22. The van der Waals surface area contributed by atoms with E-state index in [1.807, 2.05) is 0 Å². The van der Waals surface area contributed by atoms with Crippen molar-refractivity contribution in [3.8, 4) is 22.8 Å². The van der Waals surface area contributed by atoms with Crippen molar-refractivity contribution in [3.63, 3.8) is 0 Å². The summed E-state index contributed by atoms with van der Waals surface area (Å²) in [5.74, 6) is 2.54. The van der Waals surface area contributed by atoms with Gasteiger partial charge in [-0.15, -0.1) is 0 Å². The van der Waals surface area contributed by atoms with Crippen LogP contribution in [-0.4, -0.2) is 0 Å². The molecular weight excluding hydrogens is 486 g/mol. The van der Waals surface area contributed by atoms with Gasteiger partial charge in [0.05, 0.1) is 10.9 Å². The molecule has 0 saturated heterocycles. The van der Waals surface area contributed by atoms with E-state index < -0.39 is 0 Å². The zero-order valence-corrected chi connectivity index (χ0v) is 26.0. The van der Waals surface area contributed by atoms with Crippen molar-refractivity contribution in [2.24, 2.45) is 18.4 Å². The number of pyridine rings is 1. The smallest absolute Gasteiger partial charge is 0.228 e. The van der Waals surface area contributed by atoms with Gasteiger partial charge in [-0.3, -0.25) is 0 Å². The molecule has 0 saturated carbocycles. The summed E-state index contributed by atoms with van der Waals surface area (Å²) in [4.78, 5) is 0. The molecule has 2 heteroatoms. The van der Waals surface area contributed by atoms with Crippen molar-refractivity contribution in [3.05, 3.63) is 77.0 Å². The van der Waals surface area contributed by atoms with Crippen LogP contribution in [0.25, 0.3) is 43.6 Å². The second-order valence-electron chi connectivity index (χ2n) is 14.7. The summed E-state index contributed by atoms with van der Waals surface area (Å²) >= 11 is 0. The predicted octanol–water partition coefficient (Wildman–Crippen LogP) is 10.1. The highest BCUT2D eigenvalue weighted by molar-refractivity contribution is 6.17. The number of fused-ring (bicyclic) bond motifs is 5. The van der Waals surface area contributed by atoms with E-state index in [1.54, 1.807) is 0 Å². The van der Waals surface area contributed by atoms with Gasteiger partial charge in [-0.05, 0) is 80.8 Å². The lowest BCUT2D eigenvalue weighted by Crippen LogP contribution is -2.32. The van der Waals surface area contributed by atoms with Crippen molar-refractivity contribution in [2.45, 2.75) is 80.6 Å². The van der Waals surface area contributed by atoms with Crippen LogP contribution in [-0.2, 0) is 25.3 Å². The second-order valence-corrected chi connectivity index (χ2v) is 14.7. The minimum atomic E-state index is 0.0367. The van der Waals surface area contributed by atoms with Gasteiger partial charge in [0.1, 0.15) is 18.5 Å². The predicted molar refractivity (Wildman–Crippen MR) is 171 cm³/mol. The summed E-state index contributed by atoms with van der Waals surface area (Å²) in [5, 5.41) is 7.78. The van der Waals surface area contributed by atoms with Crippen molar-refractivity contribution in [2.75, 3.05) is 0 Å². The average molecular weight is 531 g/mol. The van der Waals surface area contributed by atoms with Crippen LogP contribution in [0.2, 0.25) is 0 Å². The summed E-state index contributed by atoms with van der Waals surface area (Å²) < 4.78 is 9.37. The lowest BCUT2D eigenvalue weighted by atomic mass is 9.80. The third-order valence-electron chi connectivity index (χ3n) is 8.52. The average Bonchev–Trinajstić information content (AvgIpc) is 2.85. The standard InChI is InChI=1S/C38H44NO/c1-22(2)18-29-26-15-14-24(21-37(4,5)6)19-28(26)23(3)32-35-34-27(16-17-39(35)10)33-25(20-31(34)40-36(29)32)12-11-13-30(33)38(7,8)9/h11-17,19-20,22H,18,21H2,1-10H3/q+1. The zero-order valence-electron chi connectivity index (χ0n) is 26.0. The molecule has 1 aromatic heterocycles. The molecule has 206 valence electrons. The first kappa shape index (κ1) is 26.8. The Morgan fingerprint density at radius 2 is 1.60 bits per heavy atom. The fraction of sp³-hybridized carbons (Fsp3) is 0.395. The Bertz CT molecular complexity index is 1830. The van der Waals surface area contributed by atoms with E-state index in [1.165, 1.54) is 65.8 Å². The summed E-state index contributed by atoms with van der Waals surface area (Å²) in [6.07, 6.45) is 4.29. The molecule has 1 aliphatic rings. The number of benzene rings is 4. The molecule has 0 bridgehead atoms. The fourth-order valence-electron chi connectivity index (χ4n) is 6.90. The van der Waals surface area contributed by atoms with Crippen LogP contribution in [0.5, 0.6) is 11.5 Å². The number of aryl methyl sites for hydroxylation is 2. The van der Waals surface area contributed by atoms with Gasteiger partial charge in [0.2, 0.25) is 5.69 Å². The number of ether oxygens (including phenoxy) is 1. The third-order valence-corrected chi connectivity index (χ3v) is 8.52. The van der Waals surface area contributed by atoms with Gasteiger partial charge >= 0.3 is 0 Å². The van der Waals surface area contributed by atoms with Crippen LogP contribution in [0.15, 0.2) is 54.7 Å². The molecule has 0 atom stereocenters. The first-order chi connectivity index (χ1) is 18.7. The van der Waals surface area contributed by atoms with E-state index in [9.17, 15) is 0 Å². The van der Waals surface area contributed by atoms with E-state index in [0.717, 1.165) is 24.3 Å². The van der Waals surface area contributed by atoms with Gasteiger partial charge < -0.3 is 4.74 Å². The van der Waals surface area contributed by atoms with Crippen LogP contribution < -0.4 is 9.30 Å². The molecule has 1 aliphatic heterocycles. The Kier molecular flexibility index (Phi) is 6.07. The van der Waals surface area contributed by atoms with E-state index in [4.69, 9.17) is 4.74 Å². The van der Waals surface area contributed by atoms with E-state index >= 15 is 0 Å². The van der Waals surface area contributed by atoms with Crippen molar-refractivity contribution in [1.82, 2.24) is 0 Å². The van der Waals surface area contributed by atoms with E-state index in [2.05, 4.69) is 129 Å². The summed E-state index contributed by atoms with van der Waals surface area (Å²) in [6, 6.07) is 18.5. The Balaban J connectivity index is 1.76. The molecular formula is C38H44NO+. The highest BCUT2D eigenvalue weighted by Crippen LogP contribution is 2.53. The maximum Gasteiger partial charge on any atom is 0.228 e. The highest BCUT2D eigenvalue weighted by Gasteiger charge is 2.34. The second kappa shape index (κ2) is 9.06. The quantitative estimate of drug-likeness (QED) is 0.164. The van der Waals surface area contributed by atoms with Crippen LogP contribution in [0.4, 0.5) is 0 Å². The van der Waals surface area contributed by atoms with Gasteiger partial charge in [0.25, 0.3) is 0 Å². The van der Waals surface area contributed by atoms with E-state index in [0.29, 0.717) is 5.92 Å². The van der Waals surface area contributed by atoms with Crippen LogP contribution in [0.3, 0.4) is 0 Å². The maximum atomic E-state index is 7.06. The monoisotopic (exact) mass is 530 g/mol. The summed E-state index contributed by atoms with van der Waals surface area (Å²) in [6.45, 7) is 20.8. The number of nitrogens with zero attached hydrogens (tertiary/aromatic N) is 1. The highest BCUT2D eigenvalue weighted by atomic mass is 16.5. The number of hydrogen-bond acceptors (Lipinski definition) is 1. The van der Waals surface area contributed by atoms with Gasteiger partial charge in [-0.1, -0.05) is 91.8 Å². The topological polar surface area (TPSA) is 13.1 Å². The Labute approximate surface area is 240 Å². The lowest BCUT2D eigenvalue weighted by Gasteiger charge is -2.28. The molecule has 0 unspecified atom stereocenters. The molecule has 0 aliphatic carbocycles. The Morgan fingerprint density at radius 3 is 2.27 bits per heavy atom. The molecule has 4 aromatic carbocycles. The number of rotatable bonds is 3. The fourth-order valence-corrected chi connectivity index (χ4v) is 6.90. The third kappa shape index (κ3) is 4.28. The van der Waals surface area contributed by atoms with Gasteiger partial charge in [0.15, 0.2) is 6.20 Å². The number of aromatic nitrogens is 1. The molecule has 0 spiro atoms. The Morgan fingerprint density at radius 1 is 0.850 bits per heavy atom. The molecule has 6 rings (SSSR count). The minimum Gasteiger partial charge on any atom is -0.455 e. The molecule has 0 amide bonds. The van der Waals surface area contributed by atoms with Crippen LogP contribution in [0.1, 0.15) is 77.6 Å². The molecule has 0 fully saturated rings. The Hall–Kier alpha value is -3.39. The minimum absolute atomic E-state index is 0.0367. The summed E-state index contributed by atoms with van der Waals surface area (Å²) in [7, 11) is 2.19. The molecule has 40 heavy (non-hydrogen) atoms. The van der Waals surface area contributed by atoms with E-state index in [-0.39, 0.29) is 10.8 Å². The normalized spacial score (nSPS) is 13.4. The first-order valence-corrected chi connectivity index (χ1v) is 14.9. The lowest BCUT2D eigenvalue weighted by molar-refractivity contribution is -0.659. The molecule has 2 nitrogen and oxygen atoms in total. The van der Waals surface area contributed by atoms with Gasteiger partial charge in [-0.2, -0.15) is 0 Å². The van der Waals surface area contributed by atoms with Crippen LogP contribution >= 0.6 is 0 Å². The largest absolute Gasteiger partial charge is 0.455 e. The number of hydrogen-bond donors (Lipinski definition) is 0. The first-order valence-electron chi connectivity index (χ1n) is 14.9. The van der Waals surface area contributed by atoms with Gasteiger partial charge in [-0.25, -0.2) is 4.57 Å². The van der Waals surface area contributed by atoms with Crippen molar-refractivity contribution >= 4 is 32.3 Å². The molecule has 2 heterocycles. The SMILES string of the molecule is Cc1c2c(c(CC(C)C)c3ccc(CC(C)(C)C)cc13)Oc1cc3cccc(C(C)(C)C)c3c3cc[n+](C)c-2c13. The molecule has 0 radical (unpaired) electrons. The molecule has 0 N–H and O–H groups in total. The maximum absolute atomic E-state index is 7.06. The van der Waals surface area contributed by atoms with Crippen molar-refractivity contribution < 1.29 is 9.30 Å².